The van der Waals surface area contributed by atoms with Crippen LogP contribution in [0.5, 0.6) is 0 Å². The van der Waals surface area contributed by atoms with Gasteiger partial charge >= 0.3 is 0 Å². The van der Waals surface area contributed by atoms with E-state index in [1.165, 1.54) is 57.4 Å². The van der Waals surface area contributed by atoms with Crippen LogP contribution in [0, 0.1) is 0 Å². The van der Waals surface area contributed by atoms with Gasteiger partial charge in [0.1, 0.15) is 5.82 Å². The lowest BCUT2D eigenvalue weighted by Crippen LogP contribution is -2.44. The first-order chi connectivity index (χ1) is 10.3. The number of likely N-dealkylation sites (tertiary alicyclic amines) is 2. The maximum absolute atomic E-state index is 4.35. The Hall–Kier alpha value is -1.13. The van der Waals surface area contributed by atoms with Crippen LogP contribution in [0.3, 0.4) is 0 Å². The summed E-state index contributed by atoms with van der Waals surface area (Å²) in [6.07, 6.45) is 7.22. The molecule has 3 heterocycles. The molecule has 4 nitrogen and oxygen atoms in total. The summed E-state index contributed by atoms with van der Waals surface area (Å²) in [6, 6.07) is 5.79. The van der Waals surface area contributed by atoms with Gasteiger partial charge in [-0.25, -0.2) is 4.98 Å². The molecule has 21 heavy (non-hydrogen) atoms. The van der Waals surface area contributed by atoms with Gasteiger partial charge in [-0.2, -0.15) is 0 Å². The molecule has 1 aromatic heterocycles. The molecule has 0 radical (unpaired) electrons. The SMILES string of the molecule is CCN1CCC(N2CCC[C@H]2c2ccnc(NC)c2)CC1. The molecule has 116 valence electrons. The largest absolute Gasteiger partial charge is 0.373 e. The molecule has 1 atom stereocenters. The molecule has 3 rings (SSSR count). The highest BCUT2D eigenvalue weighted by molar-refractivity contribution is 5.38. The molecule has 0 unspecified atom stereocenters. The van der Waals surface area contributed by atoms with Crippen LogP contribution in [0.2, 0.25) is 0 Å². The summed E-state index contributed by atoms with van der Waals surface area (Å²) in [5.74, 6) is 0.986. The molecule has 1 aromatic rings. The van der Waals surface area contributed by atoms with Crippen LogP contribution in [-0.4, -0.2) is 54.1 Å². The monoisotopic (exact) mass is 288 g/mol. The Balaban J connectivity index is 1.70. The van der Waals surface area contributed by atoms with Crippen LogP contribution >= 0.6 is 0 Å². The smallest absolute Gasteiger partial charge is 0.125 e. The van der Waals surface area contributed by atoms with Gasteiger partial charge < -0.3 is 10.2 Å². The summed E-state index contributed by atoms with van der Waals surface area (Å²) in [6.45, 7) is 7.27. The molecular weight excluding hydrogens is 260 g/mol. The second kappa shape index (κ2) is 6.75. The Morgan fingerprint density at radius 1 is 1.24 bits per heavy atom. The molecule has 0 bridgehead atoms. The van der Waals surface area contributed by atoms with Gasteiger partial charge in [0.25, 0.3) is 0 Å². The Kier molecular flexibility index (Phi) is 4.76. The molecule has 0 aliphatic carbocycles. The van der Waals surface area contributed by atoms with Gasteiger partial charge in [-0.15, -0.1) is 0 Å². The number of hydrogen-bond donors (Lipinski definition) is 1. The number of piperidine rings is 1. The number of hydrogen-bond acceptors (Lipinski definition) is 4. The molecule has 0 aromatic carbocycles. The summed E-state index contributed by atoms with van der Waals surface area (Å²) in [5.41, 5.74) is 1.43. The molecule has 0 saturated carbocycles. The summed E-state index contributed by atoms with van der Waals surface area (Å²) < 4.78 is 0. The van der Waals surface area contributed by atoms with Gasteiger partial charge in [0.05, 0.1) is 0 Å². The van der Waals surface area contributed by atoms with Crippen LogP contribution in [0.4, 0.5) is 5.82 Å². The topological polar surface area (TPSA) is 31.4 Å². The zero-order valence-corrected chi connectivity index (χ0v) is 13.4. The minimum Gasteiger partial charge on any atom is -0.373 e. The predicted octanol–water partition coefficient (Wildman–Crippen LogP) is 2.74. The zero-order valence-electron chi connectivity index (χ0n) is 13.4. The van der Waals surface area contributed by atoms with Crippen molar-refractivity contribution in [3.05, 3.63) is 23.9 Å². The number of aromatic nitrogens is 1. The van der Waals surface area contributed by atoms with Crippen LogP contribution in [-0.2, 0) is 0 Å². The standard InChI is InChI=1S/C17H28N4/c1-3-20-11-7-15(8-12-20)21-10-4-5-16(21)14-6-9-19-17(13-14)18-2/h6,9,13,15-16H,3-5,7-8,10-12H2,1-2H3,(H,18,19)/t16-/m0/s1. The van der Waals surface area contributed by atoms with Crippen molar-refractivity contribution in [2.24, 2.45) is 0 Å². The van der Waals surface area contributed by atoms with Crippen LogP contribution in [0.15, 0.2) is 18.3 Å². The molecule has 2 saturated heterocycles. The third kappa shape index (κ3) is 3.22. The van der Waals surface area contributed by atoms with E-state index in [1.54, 1.807) is 0 Å². The average molecular weight is 288 g/mol. The van der Waals surface area contributed by atoms with Gasteiger partial charge in [0.2, 0.25) is 0 Å². The molecule has 1 N–H and O–H groups in total. The highest BCUT2D eigenvalue weighted by Gasteiger charge is 2.33. The second-order valence-electron chi connectivity index (χ2n) is 6.29. The first-order valence-corrected chi connectivity index (χ1v) is 8.43. The minimum absolute atomic E-state index is 0.596. The van der Waals surface area contributed by atoms with E-state index in [9.17, 15) is 0 Å². The Labute approximate surface area is 128 Å². The fourth-order valence-corrected chi connectivity index (χ4v) is 3.94. The number of pyridine rings is 1. The fourth-order valence-electron chi connectivity index (χ4n) is 3.94. The van der Waals surface area contributed by atoms with E-state index in [0.717, 1.165) is 11.9 Å². The average Bonchev–Trinajstić information content (AvgIpc) is 3.04. The maximum Gasteiger partial charge on any atom is 0.125 e. The first kappa shape index (κ1) is 14.8. The van der Waals surface area contributed by atoms with E-state index in [4.69, 9.17) is 0 Å². The lowest BCUT2D eigenvalue weighted by Gasteiger charge is -2.39. The van der Waals surface area contributed by atoms with Gasteiger partial charge in [-0.1, -0.05) is 6.92 Å². The number of nitrogens with one attached hydrogen (secondary N) is 1. The molecule has 0 amide bonds. The lowest BCUT2D eigenvalue weighted by atomic mass is 9.99. The van der Waals surface area contributed by atoms with Crippen molar-refractivity contribution >= 4 is 5.82 Å². The van der Waals surface area contributed by atoms with Gasteiger partial charge in [0, 0.05) is 25.3 Å². The van der Waals surface area contributed by atoms with Gasteiger partial charge in [-0.3, -0.25) is 4.90 Å². The molecule has 2 aliphatic rings. The van der Waals surface area contributed by atoms with Gasteiger partial charge in [0.15, 0.2) is 0 Å². The van der Waals surface area contributed by atoms with E-state index in [0.29, 0.717) is 6.04 Å². The zero-order chi connectivity index (χ0) is 14.7. The highest BCUT2D eigenvalue weighted by Crippen LogP contribution is 2.36. The molecule has 0 spiro atoms. The van der Waals surface area contributed by atoms with E-state index in [-0.39, 0.29) is 0 Å². The third-order valence-corrected chi connectivity index (χ3v) is 5.19. The Morgan fingerprint density at radius 3 is 2.76 bits per heavy atom. The molecule has 2 aliphatic heterocycles. The third-order valence-electron chi connectivity index (χ3n) is 5.19. The summed E-state index contributed by atoms with van der Waals surface area (Å²) >= 11 is 0. The van der Waals surface area contributed by atoms with Crippen molar-refractivity contribution in [1.82, 2.24) is 14.8 Å². The van der Waals surface area contributed by atoms with Crippen molar-refractivity contribution in [2.75, 3.05) is 38.5 Å². The Bertz CT molecular complexity index is 454. The van der Waals surface area contributed by atoms with Crippen molar-refractivity contribution in [2.45, 2.75) is 44.7 Å². The summed E-state index contributed by atoms with van der Waals surface area (Å²) in [5, 5.41) is 3.16. The maximum atomic E-state index is 4.35. The molecular formula is C17H28N4. The van der Waals surface area contributed by atoms with Crippen molar-refractivity contribution in [3.63, 3.8) is 0 Å². The van der Waals surface area contributed by atoms with Crippen molar-refractivity contribution < 1.29 is 0 Å². The van der Waals surface area contributed by atoms with Crippen molar-refractivity contribution in [1.29, 1.82) is 0 Å². The molecule has 4 heteroatoms. The van der Waals surface area contributed by atoms with Crippen LogP contribution in [0.25, 0.3) is 0 Å². The molecule has 2 fully saturated rings. The second-order valence-corrected chi connectivity index (χ2v) is 6.29. The van der Waals surface area contributed by atoms with Crippen LogP contribution in [0.1, 0.15) is 44.2 Å². The van der Waals surface area contributed by atoms with E-state index in [1.807, 2.05) is 13.2 Å². The van der Waals surface area contributed by atoms with E-state index < -0.39 is 0 Å². The van der Waals surface area contributed by atoms with Crippen LogP contribution < -0.4 is 5.32 Å². The van der Waals surface area contributed by atoms with Crippen molar-refractivity contribution in [3.8, 4) is 0 Å². The quantitative estimate of drug-likeness (QED) is 0.923. The predicted molar refractivity (Wildman–Crippen MR) is 87.6 cm³/mol. The first-order valence-electron chi connectivity index (χ1n) is 8.43. The van der Waals surface area contributed by atoms with E-state index >= 15 is 0 Å². The highest BCUT2D eigenvalue weighted by atomic mass is 15.2. The lowest BCUT2D eigenvalue weighted by molar-refractivity contribution is 0.101. The summed E-state index contributed by atoms with van der Waals surface area (Å²) in [7, 11) is 1.94. The van der Waals surface area contributed by atoms with E-state index in [2.05, 4.69) is 39.2 Å². The van der Waals surface area contributed by atoms with Gasteiger partial charge in [-0.05, 0) is 69.6 Å². The minimum atomic E-state index is 0.596. The summed E-state index contributed by atoms with van der Waals surface area (Å²) in [4.78, 5) is 9.69. The normalized spacial score (nSPS) is 25.3. The number of nitrogens with zero attached hydrogens (tertiary/aromatic N) is 3. The fraction of sp³-hybridized carbons (Fsp3) is 0.706. The number of rotatable bonds is 4. The Morgan fingerprint density at radius 2 is 2.05 bits per heavy atom. The number of anilines is 1.